The van der Waals surface area contributed by atoms with E-state index in [1.165, 1.54) is 5.57 Å². The summed E-state index contributed by atoms with van der Waals surface area (Å²) >= 11 is 0. The summed E-state index contributed by atoms with van der Waals surface area (Å²) in [5.74, 6) is 2.44. The predicted octanol–water partition coefficient (Wildman–Crippen LogP) is 3.36. The number of hydrogen-bond donors (Lipinski definition) is 0. The Balaban J connectivity index is 1.94. The van der Waals surface area contributed by atoms with Crippen LogP contribution in [0.3, 0.4) is 0 Å². The van der Waals surface area contributed by atoms with Crippen LogP contribution < -0.4 is 4.74 Å². The minimum absolute atomic E-state index is 0.00142. The molecule has 1 heterocycles. The van der Waals surface area contributed by atoms with Crippen molar-refractivity contribution < 1.29 is 14.2 Å². The molecule has 0 bridgehead atoms. The molecule has 20 heavy (non-hydrogen) atoms. The molecule has 1 aromatic rings. The molecule has 0 aromatic heterocycles. The summed E-state index contributed by atoms with van der Waals surface area (Å²) in [5.41, 5.74) is 2.16. The Hall–Kier alpha value is -2.42. The van der Waals surface area contributed by atoms with Crippen molar-refractivity contribution in [1.29, 1.82) is 0 Å². The highest BCUT2D eigenvalue weighted by Crippen LogP contribution is 2.34. The molecule has 0 radical (unpaired) electrons. The summed E-state index contributed by atoms with van der Waals surface area (Å²) < 4.78 is 15.6. The summed E-state index contributed by atoms with van der Waals surface area (Å²) in [5, 5.41) is 0. The first kappa shape index (κ1) is 12.6. The Morgan fingerprint density at radius 1 is 1.20 bits per heavy atom. The quantitative estimate of drug-likeness (QED) is 0.788. The van der Waals surface area contributed by atoms with Gasteiger partial charge in [-0.15, -0.1) is 0 Å². The van der Waals surface area contributed by atoms with Crippen molar-refractivity contribution in [2.24, 2.45) is 0 Å². The van der Waals surface area contributed by atoms with E-state index in [1.54, 1.807) is 14.2 Å². The second-order valence-corrected chi connectivity index (χ2v) is 4.59. The predicted molar refractivity (Wildman–Crippen MR) is 79.8 cm³/mol. The molecule has 1 aliphatic heterocycles. The topological polar surface area (TPSA) is 31.3 Å². The molecular weight excluding hydrogens is 252 g/mol. The number of aromatic hydroxyl groups is 1. The van der Waals surface area contributed by atoms with Crippen LogP contribution in [0.25, 0.3) is 5.76 Å². The summed E-state index contributed by atoms with van der Waals surface area (Å²) in [4.78, 5) is 0. The van der Waals surface area contributed by atoms with E-state index in [-0.39, 0.29) is 6.10 Å². The average Bonchev–Trinajstić information content (AvgIpc) is 2.53. The van der Waals surface area contributed by atoms with Gasteiger partial charge in [-0.25, -0.2) is 0 Å². The lowest BCUT2D eigenvalue weighted by Crippen LogP contribution is -2.15. The van der Waals surface area contributed by atoms with Crippen LogP contribution in [0.4, 0.5) is 0 Å². The first-order valence-electron chi connectivity index (χ1n) is 6.53. The van der Waals surface area contributed by atoms with E-state index >= 15 is 0 Å². The number of allylic oxidation sites excluding steroid dienone is 4. The molecule has 3 nitrogen and oxygen atoms in total. The van der Waals surface area contributed by atoms with Crippen LogP contribution >= 0.6 is 0 Å². The lowest BCUT2D eigenvalue weighted by atomic mass is 10.0. The van der Waals surface area contributed by atoms with E-state index in [9.17, 15) is 0 Å². The van der Waals surface area contributed by atoms with Crippen molar-refractivity contribution in [3.05, 3.63) is 65.8 Å². The molecule has 1 unspecified atom stereocenters. The highest BCUT2D eigenvalue weighted by atomic mass is 16.5. The standard InChI is InChI=1S/C17H16O3/c1-18-16-10-8-13(11-17(16)19-2)15-9-7-12-5-3-4-6-14(12)20-15/h3-11,14H,1-2H3/p+1. The van der Waals surface area contributed by atoms with Gasteiger partial charge < -0.3 is 14.2 Å². The fourth-order valence-corrected chi connectivity index (χ4v) is 2.32. The van der Waals surface area contributed by atoms with Crippen molar-refractivity contribution in [1.82, 2.24) is 0 Å². The highest BCUT2D eigenvalue weighted by molar-refractivity contribution is 5.67. The molecule has 1 aliphatic carbocycles. The van der Waals surface area contributed by atoms with Gasteiger partial charge in [0, 0.05) is 17.7 Å². The zero-order valence-electron chi connectivity index (χ0n) is 11.5. The molecule has 0 saturated heterocycles. The van der Waals surface area contributed by atoms with Gasteiger partial charge in [-0.05, 0) is 23.8 Å². The minimum atomic E-state index is 0.00142. The lowest BCUT2D eigenvalue weighted by Gasteiger charge is -2.24. The molecule has 0 amide bonds. The van der Waals surface area contributed by atoms with E-state index in [0.717, 1.165) is 22.8 Å². The maximum absolute atomic E-state index is 6.02. The molecule has 1 aromatic carbocycles. The maximum Gasteiger partial charge on any atom is 0.297 e. The van der Waals surface area contributed by atoms with Gasteiger partial charge >= 0.3 is 0 Å². The number of methoxy groups -OCH3 is 1. The Morgan fingerprint density at radius 3 is 2.90 bits per heavy atom. The molecule has 3 heteroatoms. The van der Waals surface area contributed by atoms with Crippen molar-refractivity contribution in [2.75, 3.05) is 14.2 Å². The fourth-order valence-electron chi connectivity index (χ4n) is 2.32. The number of aliphatic hydroxyl groups is 1. The first-order valence-corrected chi connectivity index (χ1v) is 6.53. The third-order valence-corrected chi connectivity index (χ3v) is 3.40. The second kappa shape index (κ2) is 5.29. The monoisotopic (exact) mass is 269 g/mol. The summed E-state index contributed by atoms with van der Waals surface area (Å²) in [7, 11) is 3.40. The number of fused-ring (bicyclic) bond motifs is 1. The van der Waals surface area contributed by atoms with Crippen LogP contribution in [0.15, 0.2) is 60.2 Å². The number of hydrogen-bond acceptors (Lipinski definition) is 2. The second-order valence-electron chi connectivity index (χ2n) is 4.59. The van der Waals surface area contributed by atoms with Gasteiger partial charge in [-0.1, -0.05) is 24.3 Å². The van der Waals surface area contributed by atoms with Gasteiger partial charge in [0.25, 0.3) is 5.75 Å². The molecule has 102 valence electrons. The normalized spacial score (nSPS) is 19.6. The van der Waals surface area contributed by atoms with Gasteiger partial charge in [0.1, 0.15) is 11.9 Å². The highest BCUT2D eigenvalue weighted by Gasteiger charge is 2.20. The Labute approximate surface area is 118 Å². The molecule has 1 atom stereocenters. The zero-order chi connectivity index (χ0) is 13.9. The van der Waals surface area contributed by atoms with Crippen molar-refractivity contribution >= 4 is 5.76 Å². The van der Waals surface area contributed by atoms with Crippen LogP contribution in [0.5, 0.6) is 11.5 Å². The van der Waals surface area contributed by atoms with Gasteiger partial charge in [-0.2, -0.15) is 0 Å². The van der Waals surface area contributed by atoms with Crippen LogP contribution in [0, 0.1) is 0 Å². The van der Waals surface area contributed by atoms with E-state index in [4.69, 9.17) is 9.47 Å². The maximum atomic E-state index is 6.02. The summed E-state index contributed by atoms with van der Waals surface area (Å²) in [6.07, 6.45) is 12.2. The molecule has 0 fully saturated rings. The third-order valence-electron chi connectivity index (χ3n) is 3.40. The summed E-state index contributed by atoms with van der Waals surface area (Å²) in [6, 6.07) is 5.89. The SMILES string of the molecule is COc1cc(C2=CC=C3C=CC=CC3O2)ccc1[OH+]C. The Bertz CT molecular complexity index is 636. The van der Waals surface area contributed by atoms with Crippen LogP contribution in [-0.2, 0) is 4.74 Å². The number of rotatable bonds is 3. The molecule has 2 aliphatic rings. The van der Waals surface area contributed by atoms with Crippen molar-refractivity contribution in [3.63, 3.8) is 0 Å². The summed E-state index contributed by atoms with van der Waals surface area (Å²) in [6.45, 7) is 0. The minimum Gasteiger partial charge on any atom is -0.582 e. The molecule has 0 saturated carbocycles. The van der Waals surface area contributed by atoms with Crippen LogP contribution in [-0.4, -0.2) is 25.1 Å². The first-order chi connectivity index (χ1) is 9.81. The van der Waals surface area contributed by atoms with Crippen molar-refractivity contribution in [2.45, 2.75) is 6.10 Å². The molecule has 1 N–H and O–H groups in total. The molecule has 3 rings (SSSR count). The lowest BCUT2D eigenvalue weighted by molar-refractivity contribution is 0.128. The van der Waals surface area contributed by atoms with Gasteiger partial charge in [-0.3, -0.25) is 0 Å². The van der Waals surface area contributed by atoms with Crippen LogP contribution in [0.2, 0.25) is 0 Å². The Morgan fingerprint density at radius 2 is 2.10 bits per heavy atom. The van der Waals surface area contributed by atoms with Gasteiger partial charge in [0.15, 0.2) is 7.11 Å². The van der Waals surface area contributed by atoms with Gasteiger partial charge in [0.2, 0.25) is 5.75 Å². The van der Waals surface area contributed by atoms with Crippen molar-refractivity contribution in [3.8, 4) is 11.5 Å². The number of ether oxygens (including phenoxy) is 3. The molecule has 0 spiro atoms. The van der Waals surface area contributed by atoms with Gasteiger partial charge in [0.05, 0.1) is 7.11 Å². The van der Waals surface area contributed by atoms with Crippen LogP contribution in [0.1, 0.15) is 5.56 Å². The average molecular weight is 269 g/mol. The number of benzene rings is 1. The smallest absolute Gasteiger partial charge is 0.297 e. The zero-order valence-corrected chi connectivity index (χ0v) is 11.5. The third kappa shape index (κ3) is 2.23. The largest absolute Gasteiger partial charge is 0.582 e. The molecular formula is C17H17O3+. The van der Waals surface area contributed by atoms with E-state index in [1.807, 2.05) is 42.5 Å². The Kier molecular flexibility index (Phi) is 3.33. The van der Waals surface area contributed by atoms with E-state index < -0.39 is 0 Å². The van der Waals surface area contributed by atoms with E-state index in [0.29, 0.717) is 0 Å². The van der Waals surface area contributed by atoms with E-state index in [2.05, 4.69) is 16.9 Å². The fraction of sp³-hybridized carbons (Fsp3) is 0.176.